The molecule has 12 heavy (non-hydrogen) atoms. The molecule has 4 nitrogen and oxygen atoms in total. The molecule has 0 radical (unpaired) electrons. The fourth-order valence-corrected chi connectivity index (χ4v) is 1.22. The molecular formula is C8H10N4. The summed E-state index contributed by atoms with van der Waals surface area (Å²) in [6, 6.07) is 0. The first-order chi connectivity index (χ1) is 5.79. The average molecular weight is 162 g/mol. The zero-order chi connectivity index (χ0) is 8.55. The summed E-state index contributed by atoms with van der Waals surface area (Å²) in [5, 5.41) is 6.81. The van der Waals surface area contributed by atoms with E-state index in [1.807, 2.05) is 0 Å². The lowest BCUT2D eigenvalue weighted by molar-refractivity contribution is 0.823. The number of aromatic nitrogens is 4. The van der Waals surface area contributed by atoms with Crippen LogP contribution in [0.1, 0.15) is 25.5 Å². The molecule has 62 valence electrons. The topological polar surface area (TPSA) is 54.5 Å². The predicted molar refractivity (Wildman–Crippen MR) is 45.8 cm³/mol. The van der Waals surface area contributed by atoms with Gasteiger partial charge < -0.3 is 0 Å². The zero-order valence-electron chi connectivity index (χ0n) is 7.07. The molecule has 0 bridgehead atoms. The van der Waals surface area contributed by atoms with Gasteiger partial charge in [0, 0.05) is 0 Å². The largest absolute Gasteiger partial charge is 0.274 e. The number of hydrogen-bond donors (Lipinski definition) is 1. The molecule has 4 heteroatoms. The lowest BCUT2D eigenvalue weighted by Gasteiger charge is -2.02. The summed E-state index contributed by atoms with van der Waals surface area (Å²) < 4.78 is 0. The first-order valence-corrected chi connectivity index (χ1v) is 3.93. The molecular weight excluding hydrogens is 152 g/mol. The maximum atomic E-state index is 4.20. The summed E-state index contributed by atoms with van der Waals surface area (Å²) in [5.41, 5.74) is 2.86. The van der Waals surface area contributed by atoms with Crippen LogP contribution in [-0.4, -0.2) is 20.2 Å². The van der Waals surface area contributed by atoms with Crippen LogP contribution in [0.25, 0.3) is 11.0 Å². The van der Waals surface area contributed by atoms with Gasteiger partial charge in [0.1, 0.15) is 17.4 Å². The number of H-pyrrole nitrogens is 1. The van der Waals surface area contributed by atoms with Crippen LogP contribution in [0.3, 0.4) is 0 Å². The Labute approximate surface area is 70.0 Å². The van der Waals surface area contributed by atoms with E-state index in [0.717, 1.165) is 16.7 Å². The molecule has 0 aliphatic carbocycles. The fourth-order valence-electron chi connectivity index (χ4n) is 1.22. The van der Waals surface area contributed by atoms with Crippen LogP contribution < -0.4 is 0 Å². The van der Waals surface area contributed by atoms with Crippen molar-refractivity contribution in [2.24, 2.45) is 0 Å². The predicted octanol–water partition coefficient (Wildman–Crippen LogP) is 1.48. The van der Waals surface area contributed by atoms with Crippen LogP contribution in [0.5, 0.6) is 0 Å². The van der Waals surface area contributed by atoms with Gasteiger partial charge in [-0.2, -0.15) is 5.10 Å². The summed E-state index contributed by atoms with van der Waals surface area (Å²) in [6.07, 6.45) is 3.29. The highest BCUT2D eigenvalue weighted by atomic mass is 15.1. The van der Waals surface area contributed by atoms with E-state index in [1.54, 1.807) is 12.5 Å². The van der Waals surface area contributed by atoms with Crippen molar-refractivity contribution >= 4 is 11.0 Å². The Balaban J connectivity index is 2.73. The molecule has 0 saturated carbocycles. The van der Waals surface area contributed by atoms with Crippen LogP contribution in [0.4, 0.5) is 0 Å². The molecule has 0 aliphatic heterocycles. The number of aromatic amines is 1. The van der Waals surface area contributed by atoms with Gasteiger partial charge in [-0.25, -0.2) is 9.97 Å². The van der Waals surface area contributed by atoms with Crippen molar-refractivity contribution in [1.29, 1.82) is 0 Å². The second kappa shape index (κ2) is 2.55. The minimum atomic E-state index is 0.399. The molecule has 2 heterocycles. The molecule has 0 aliphatic rings. The van der Waals surface area contributed by atoms with Gasteiger partial charge in [0.15, 0.2) is 0 Å². The lowest BCUT2D eigenvalue weighted by Crippen LogP contribution is -1.94. The number of fused-ring (bicyclic) bond motifs is 1. The van der Waals surface area contributed by atoms with E-state index in [9.17, 15) is 0 Å². The molecule has 0 fully saturated rings. The molecule has 1 N–H and O–H groups in total. The number of hydrogen-bond acceptors (Lipinski definition) is 3. The van der Waals surface area contributed by atoms with E-state index in [0.29, 0.717) is 5.92 Å². The van der Waals surface area contributed by atoms with Crippen LogP contribution in [0.2, 0.25) is 0 Å². The Morgan fingerprint density at radius 2 is 2.17 bits per heavy atom. The van der Waals surface area contributed by atoms with Crippen molar-refractivity contribution < 1.29 is 0 Å². The maximum Gasteiger partial charge on any atom is 0.116 e. The van der Waals surface area contributed by atoms with Gasteiger partial charge in [-0.1, -0.05) is 13.8 Å². The van der Waals surface area contributed by atoms with E-state index in [4.69, 9.17) is 0 Å². The monoisotopic (exact) mass is 162 g/mol. The quantitative estimate of drug-likeness (QED) is 0.690. The Morgan fingerprint density at radius 1 is 1.33 bits per heavy atom. The van der Waals surface area contributed by atoms with Gasteiger partial charge in [-0.3, -0.25) is 5.10 Å². The van der Waals surface area contributed by atoms with Gasteiger partial charge in [-0.05, 0) is 5.92 Å². The molecule has 0 spiro atoms. The van der Waals surface area contributed by atoms with E-state index >= 15 is 0 Å². The molecule has 2 rings (SSSR count). The first kappa shape index (κ1) is 7.21. The van der Waals surface area contributed by atoms with Crippen molar-refractivity contribution in [2.75, 3.05) is 0 Å². The van der Waals surface area contributed by atoms with Gasteiger partial charge in [-0.15, -0.1) is 0 Å². The summed E-state index contributed by atoms with van der Waals surface area (Å²) in [7, 11) is 0. The minimum Gasteiger partial charge on any atom is -0.274 e. The molecule has 2 aromatic rings. The highest BCUT2D eigenvalue weighted by Crippen LogP contribution is 2.18. The summed E-state index contributed by atoms with van der Waals surface area (Å²) >= 11 is 0. The average Bonchev–Trinajstić information content (AvgIpc) is 2.49. The van der Waals surface area contributed by atoms with E-state index in [2.05, 4.69) is 34.0 Å². The molecule has 0 amide bonds. The number of rotatable bonds is 1. The lowest BCUT2D eigenvalue weighted by atomic mass is 10.1. The molecule has 0 aromatic carbocycles. The normalized spacial score (nSPS) is 11.2. The van der Waals surface area contributed by atoms with Crippen molar-refractivity contribution in [2.45, 2.75) is 19.8 Å². The van der Waals surface area contributed by atoms with Gasteiger partial charge in [0.25, 0.3) is 0 Å². The Morgan fingerprint density at radius 3 is 2.92 bits per heavy atom. The zero-order valence-corrected chi connectivity index (χ0v) is 7.07. The Kier molecular flexibility index (Phi) is 1.53. The van der Waals surface area contributed by atoms with E-state index in [1.165, 1.54) is 0 Å². The second-order valence-electron chi connectivity index (χ2n) is 3.04. The van der Waals surface area contributed by atoms with Crippen molar-refractivity contribution in [3.05, 3.63) is 18.2 Å². The van der Waals surface area contributed by atoms with E-state index in [-0.39, 0.29) is 0 Å². The third-order valence-electron chi connectivity index (χ3n) is 1.82. The van der Waals surface area contributed by atoms with Gasteiger partial charge >= 0.3 is 0 Å². The summed E-state index contributed by atoms with van der Waals surface area (Å²) in [4.78, 5) is 8.28. The molecule has 0 saturated heterocycles. The smallest absolute Gasteiger partial charge is 0.116 e. The highest BCUT2D eigenvalue weighted by Gasteiger charge is 2.07. The Bertz CT molecular complexity index is 391. The van der Waals surface area contributed by atoms with Crippen LogP contribution in [0, 0.1) is 0 Å². The molecule has 0 unspecified atom stereocenters. The molecule has 2 aromatic heterocycles. The van der Waals surface area contributed by atoms with Crippen LogP contribution in [-0.2, 0) is 0 Å². The number of nitrogens with zero attached hydrogens (tertiary/aromatic N) is 3. The van der Waals surface area contributed by atoms with Crippen molar-refractivity contribution in [1.82, 2.24) is 20.2 Å². The van der Waals surface area contributed by atoms with Crippen molar-refractivity contribution in [3.8, 4) is 0 Å². The van der Waals surface area contributed by atoms with Crippen LogP contribution >= 0.6 is 0 Å². The standard InChI is InChI=1S/C8H10N4/c1-5(2)7-8-6(3-11-12-8)9-4-10-7/h3-5H,1-2H3,(H,11,12). The van der Waals surface area contributed by atoms with Crippen molar-refractivity contribution in [3.63, 3.8) is 0 Å². The van der Waals surface area contributed by atoms with Gasteiger partial charge in [0.2, 0.25) is 0 Å². The van der Waals surface area contributed by atoms with Gasteiger partial charge in [0.05, 0.1) is 11.9 Å². The maximum absolute atomic E-state index is 4.20. The summed E-state index contributed by atoms with van der Waals surface area (Å²) in [5.74, 6) is 0.399. The third kappa shape index (κ3) is 0.958. The Hall–Kier alpha value is -1.45. The van der Waals surface area contributed by atoms with E-state index < -0.39 is 0 Å². The minimum absolute atomic E-state index is 0.399. The summed E-state index contributed by atoms with van der Waals surface area (Å²) in [6.45, 7) is 4.20. The highest BCUT2D eigenvalue weighted by molar-refractivity contribution is 5.75. The van der Waals surface area contributed by atoms with Crippen LogP contribution in [0.15, 0.2) is 12.5 Å². The fraction of sp³-hybridized carbons (Fsp3) is 0.375. The number of nitrogens with one attached hydrogen (secondary N) is 1. The first-order valence-electron chi connectivity index (χ1n) is 3.93. The third-order valence-corrected chi connectivity index (χ3v) is 1.82. The molecule has 0 atom stereocenters. The SMILES string of the molecule is CC(C)c1ncnc2cn[nH]c12. The second-order valence-corrected chi connectivity index (χ2v) is 3.04.